The molecule has 2 rings (SSSR count). The molecule has 0 spiro atoms. The molecule has 1 aromatic carbocycles. The molecule has 0 radical (unpaired) electrons. The van der Waals surface area contributed by atoms with Gasteiger partial charge in [0.15, 0.2) is 0 Å². The number of rotatable bonds is 3. The highest BCUT2D eigenvalue weighted by atomic mass is 19.4. The maximum absolute atomic E-state index is 12.7. The molecule has 1 aliphatic heterocycles. The lowest BCUT2D eigenvalue weighted by atomic mass is 9.94. The lowest BCUT2D eigenvalue weighted by Gasteiger charge is -2.32. The highest BCUT2D eigenvalue weighted by Crippen LogP contribution is 2.30. The van der Waals surface area contributed by atoms with Gasteiger partial charge in [0, 0.05) is 25.3 Å². The molecule has 1 atom stereocenters. The lowest BCUT2D eigenvalue weighted by Crippen LogP contribution is -2.40. The summed E-state index contributed by atoms with van der Waals surface area (Å²) in [5.41, 5.74) is -0.744. The topological polar surface area (TPSA) is 40.5 Å². The predicted octanol–water partition coefficient (Wildman–Crippen LogP) is 2.94. The van der Waals surface area contributed by atoms with Crippen molar-refractivity contribution in [3.8, 4) is 0 Å². The van der Waals surface area contributed by atoms with Gasteiger partial charge in [-0.05, 0) is 43.4 Å². The van der Waals surface area contributed by atoms with Gasteiger partial charge in [0.05, 0.1) is 5.56 Å². The maximum atomic E-state index is 12.7. The number of hydrogen-bond donors (Lipinski definition) is 1. The second kappa shape index (κ2) is 6.47. The van der Waals surface area contributed by atoms with Crippen LogP contribution in [0.15, 0.2) is 24.3 Å². The summed E-state index contributed by atoms with van der Waals surface area (Å²) in [5, 5.41) is 8.96. The minimum Gasteiger partial charge on any atom is -0.396 e. The number of piperidine rings is 1. The van der Waals surface area contributed by atoms with Crippen molar-refractivity contribution >= 4 is 5.91 Å². The van der Waals surface area contributed by atoms with Crippen molar-refractivity contribution in [2.75, 3.05) is 19.7 Å². The van der Waals surface area contributed by atoms with Crippen molar-refractivity contribution in [2.45, 2.75) is 25.4 Å². The monoisotopic (exact) mass is 301 g/mol. The van der Waals surface area contributed by atoms with Gasteiger partial charge in [0.2, 0.25) is 0 Å². The third-order valence-electron chi connectivity index (χ3n) is 3.78. The maximum Gasteiger partial charge on any atom is 0.416 e. The van der Waals surface area contributed by atoms with Crippen LogP contribution in [-0.4, -0.2) is 35.6 Å². The summed E-state index contributed by atoms with van der Waals surface area (Å²) in [6, 6.07) is 4.53. The number of halogens is 3. The van der Waals surface area contributed by atoms with Gasteiger partial charge in [0.1, 0.15) is 0 Å². The Morgan fingerprint density at radius 2 is 2.14 bits per heavy atom. The van der Waals surface area contributed by atoms with Crippen molar-refractivity contribution < 1.29 is 23.1 Å². The molecule has 1 fully saturated rings. The first kappa shape index (κ1) is 15.8. The molecule has 3 nitrogen and oxygen atoms in total. The van der Waals surface area contributed by atoms with Gasteiger partial charge in [-0.2, -0.15) is 13.2 Å². The van der Waals surface area contributed by atoms with E-state index in [1.165, 1.54) is 12.1 Å². The zero-order valence-electron chi connectivity index (χ0n) is 11.6. The Balaban J connectivity index is 2.12. The van der Waals surface area contributed by atoms with Gasteiger partial charge in [-0.1, -0.05) is 6.07 Å². The van der Waals surface area contributed by atoms with Crippen LogP contribution in [0.25, 0.3) is 0 Å². The average Bonchev–Trinajstić information content (AvgIpc) is 2.46. The van der Waals surface area contributed by atoms with E-state index < -0.39 is 11.7 Å². The molecule has 116 valence electrons. The summed E-state index contributed by atoms with van der Waals surface area (Å²) in [6.07, 6.45) is -2.08. The highest BCUT2D eigenvalue weighted by molar-refractivity contribution is 5.94. The SMILES string of the molecule is O=C(c1cccc(C(F)(F)F)c1)N1CCCC(CCO)C1. The third-order valence-corrected chi connectivity index (χ3v) is 3.78. The van der Waals surface area contributed by atoms with Crippen LogP contribution < -0.4 is 0 Å². The smallest absolute Gasteiger partial charge is 0.396 e. The lowest BCUT2D eigenvalue weighted by molar-refractivity contribution is -0.137. The van der Waals surface area contributed by atoms with Crippen molar-refractivity contribution in [3.05, 3.63) is 35.4 Å². The average molecular weight is 301 g/mol. The molecule has 1 N–H and O–H groups in total. The Morgan fingerprint density at radius 1 is 1.38 bits per heavy atom. The van der Waals surface area contributed by atoms with Crippen molar-refractivity contribution in [1.29, 1.82) is 0 Å². The minimum absolute atomic E-state index is 0.0643. The van der Waals surface area contributed by atoms with Crippen LogP contribution in [0.2, 0.25) is 0 Å². The van der Waals surface area contributed by atoms with E-state index in [0.717, 1.165) is 25.0 Å². The van der Waals surface area contributed by atoms with Crippen molar-refractivity contribution in [2.24, 2.45) is 5.92 Å². The molecule has 0 aromatic heterocycles. The standard InChI is InChI=1S/C15H18F3NO2/c16-15(17,18)13-5-1-4-12(9-13)14(21)19-7-2-3-11(10-19)6-8-20/h1,4-5,9,11,20H,2-3,6-8,10H2. The molecule has 1 aromatic rings. The van der Waals surface area contributed by atoms with E-state index in [2.05, 4.69) is 0 Å². The first-order chi connectivity index (χ1) is 9.91. The van der Waals surface area contributed by atoms with Crippen molar-refractivity contribution in [3.63, 3.8) is 0 Å². The summed E-state index contributed by atoms with van der Waals surface area (Å²) >= 11 is 0. The quantitative estimate of drug-likeness (QED) is 0.932. The third kappa shape index (κ3) is 3.97. The molecular weight excluding hydrogens is 283 g/mol. The van der Waals surface area contributed by atoms with E-state index in [-0.39, 0.29) is 24.0 Å². The predicted molar refractivity (Wildman–Crippen MR) is 71.8 cm³/mol. The zero-order valence-corrected chi connectivity index (χ0v) is 11.6. The number of carbonyl (C=O) groups excluding carboxylic acids is 1. The number of hydrogen-bond acceptors (Lipinski definition) is 2. The van der Waals surface area contributed by atoms with Crippen LogP contribution in [0.5, 0.6) is 0 Å². The van der Waals surface area contributed by atoms with E-state index in [1.54, 1.807) is 4.90 Å². The van der Waals surface area contributed by atoms with Gasteiger partial charge in [-0.15, -0.1) is 0 Å². The second-order valence-electron chi connectivity index (χ2n) is 5.35. The number of carbonyl (C=O) groups is 1. The first-order valence-corrected chi connectivity index (χ1v) is 6.99. The first-order valence-electron chi connectivity index (χ1n) is 6.99. The Hall–Kier alpha value is -1.56. The summed E-state index contributed by atoms with van der Waals surface area (Å²) < 4.78 is 38.0. The Labute approximate surface area is 121 Å². The van der Waals surface area contributed by atoms with Crippen LogP contribution in [0, 0.1) is 5.92 Å². The van der Waals surface area contributed by atoms with E-state index in [9.17, 15) is 18.0 Å². The normalized spacial score (nSPS) is 19.6. The summed E-state index contributed by atoms with van der Waals surface area (Å²) in [6.45, 7) is 1.11. The number of aliphatic hydroxyl groups excluding tert-OH is 1. The number of aliphatic hydroxyl groups is 1. The largest absolute Gasteiger partial charge is 0.416 e. The van der Waals surface area contributed by atoms with Gasteiger partial charge in [-0.3, -0.25) is 4.79 Å². The molecule has 21 heavy (non-hydrogen) atoms. The molecular formula is C15H18F3NO2. The molecule has 0 saturated carbocycles. The highest BCUT2D eigenvalue weighted by Gasteiger charge is 2.32. The van der Waals surface area contributed by atoms with Gasteiger partial charge in [-0.25, -0.2) is 0 Å². The van der Waals surface area contributed by atoms with E-state index >= 15 is 0 Å². The van der Waals surface area contributed by atoms with Crippen LogP contribution >= 0.6 is 0 Å². The molecule has 1 aliphatic rings. The van der Waals surface area contributed by atoms with Crippen LogP contribution in [0.1, 0.15) is 35.2 Å². The molecule has 1 saturated heterocycles. The number of amides is 1. The summed E-state index contributed by atoms with van der Waals surface area (Å²) in [5.74, 6) is -0.151. The number of benzene rings is 1. The second-order valence-corrected chi connectivity index (χ2v) is 5.35. The zero-order chi connectivity index (χ0) is 15.5. The van der Waals surface area contributed by atoms with E-state index in [4.69, 9.17) is 5.11 Å². The van der Waals surface area contributed by atoms with Gasteiger partial charge >= 0.3 is 6.18 Å². The molecule has 6 heteroatoms. The molecule has 0 aliphatic carbocycles. The van der Waals surface area contributed by atoms with E-state index in [0.29, 0.717) is 19.5 Å². The molecule has 1 unspecified atom stereocenters. The van der Waals surface area contributed by atoms with Crippen LogP contribution in [0.3, 0.4) is 0 Å². The van der Waals surface area contributed by atoms with Crippen molar-refractivity contribution in [1.82, 2.24) is 4.90 Å². The Morgan fingerprint density at radius 3 is 2.81 bits per heavy atom. The fourth-order valence-corrected chi connectivity index (χ4v) is 2.68. The number of nitrogens with zero attached hydrogens (tertiary/aromatic N) is 1. The number of likely N-dealkylation sites (tertiary alicyclic amines) is 1. The van der Waals surface area contributed by atoms with Gasteiger partial charge in [0.25, 0.3) is 5.91 Å². The van der Waals surface area contributed by atoms with Gasteiger partial charge < -0.3 is 10.0 Å². The summed E-state index contributed by atoms with van der Waals surface area (Å²) in [7, 11) is 0. The molecule has 1 amide bonds. The van der Waals surface area contributed by atoms with Crippen LogP contribution in [-0.2, 0) is 6.18 Å². The minimum atomic E-state index is -4.45. The van der Waals surface area contributed by atoms with E-state index in [1.807, 2.05) is 0 Å². The molecule has 0 bridgehead atoms. The Kier molecular flexibility index (Phi) is 4.88. The summed E-state index contributed by atoms with van der Waals surface area (Å²) in [4.78, 5) is 13.9. The molecule has 1 heterocycles. The fourth-order valence-electron chi connectivity index (χ4n) is 2.68. The number of alkyl halides is 3. The Bertz CT molecular complexity index is 500. The fraction of sp³-hybridized carbons (Fsp3) is 0.533. The van der Waals surface area contributed by atoms with Crippen LogP contribution in [0.4, 0.5) is 13.2 Å².